The van der Waals surface area contributed by atoms with Crippen LogP contribution in [-0.2, 0) is 0 Å². The average molecular weight is 215 g/mol. The summed E-state index contributed by atoms with van der Waals surface area (Å²) in [5, 5.41) is 0. The smallest absolute Gasteiger partial charge is 0.206 e. The summed E-state index contributed by atoms with van der Waals surface area (Å²) in [5.41, 5.74) is 5.30. The molecule has 1 aromatic rings. The van der Waals surface area contributed by atoms with Crippen molar-refractivity contribution in [2.24, 2.45) is 5.73 Å². The molecule has 84 valence electrons. The van der Waals surface area contributed by atoms with Gasteiger partial charge < -0.3 is 19.9 Å². The number of hydrogen-bond donors (Lipinski definition) is 1. The number of halogens is 1. The van der Waals surface area contributed by atoms with Gasteiger partial charge in [0.1, 0.15) is 6.61 Å². The van der Waals surface area contributed by atoms with Crippen LogP contribution in [-0.4, -0.2) is 27.4 Å². The molecule has 0 bridgehead atoms. The summed E-state index contributed by atoms with van der Waals surface area (Å²) in [6, 6.07) is 2.73. The first-order chi connectivity index (χ1) is 7.24. The molecule has 1 aromatic carbocycles. The van der Waals surface area contributed by atoms with Crippen molar-refractivity contribution >= 4 is 0 Å². The summed E-state index contributed by atoms with van der Waals surface area (Å²) in [5.74, 6) is 0.195. The molecule has 15 heavy (non-hydrogen) atoms. The summed E-state index contributed by atoms with van der Waals surface area (Å²) in [6.45, 7) is 0.610. The SMILES string of the molecule is COc1ccc(F)c(OC)c1OCCN. The molecule has 1 rings (SSSR count). The van der Waals surface area contributed by atoms with E-state index >= 15 is 0 Å². The van der Waals surface area contributed by atoms with Crippen LogP contribution in [0, 0.1) is 5.82 Å². The molecule has 0 amide bonds. The van der Waals surface area contributed by atoms with Gasteiger partial charge in [-0.25, -0.2) is 4.39 Å². The first kappa shape index (κ1) is 11.6. The van der Waals surface area contributed by atoms with Crippen LogP contribution < -0.4 is 19.9 Å². The molecule has 0 saturated heterocycles. The molecule has 0 atom stereocenters. The van der Waals surface area contributed by atoms with Gasteiger partial charge in [-0.05, 0) is 12.1 Å². The van der Waals surface area contributed by atoms with Gasteiger partial charge in [0.05, 0.1) is 14.2 Å². The minimum atomic E-state index is -0.495. The minimum Gasteiger partial charge on any atom is -0.493 e. The predicted molar refractivity (Wildman–Crippen MR) is 54.1 cm³/mol. The molecule has 0 unspecified atom stereocenters. The molecule has 0 radical (unpaired) electrons. The summed E-state index contributed by atoms with van der Waals surface area (Å²) >= 11 is 0. The van der Waals surface area contributed by atoms with Crippen LogP contribution in [0.1, 0.15) is 0 Å². The van der Waals surface area contributed by atoms with Crippen molar-refractivity contribution in [3.05, 3.63) is 17.9 Å². The zero-order valence-electron chi connectivity index (χ0n) is 8.75. The van der Waals surface area contributed by atoms with Crippen LogP contribution in [0.4, 0.5) is 4.39 Å². The third-order valence-electron chi connectivity index (χ3n) is 1.82. The van der Waals surface area contributed by atoms with Gasteiger partial charge in [0.25, 0.3) is 0 Å². The highest BCUT2D eigenvalue weighted by atomic mass is 19.1. The Bertz CT molecular complexity index is 331. The average Bonchev–Trinajstić information content (AvgIpc) is 2.26. The van der Waals surface area contributed by atoms with E-state index in [0.29, 0.717) is 12.3 Å². The highest BCUT2D eigenvalue weighted by Gasteiger charge is 2.16. The molecule has 0 aliphatic rings. The fourth-order valence-electron chi connectivity index (χ4n) is 1.17. The number of nitrogens with two attached hydrogens (primary N) is 1. The van der Waals surface area contributed by atoms with E-state index in [1.165, 1.54) is 26.4 Å². The largest absolute Gasteiger partial charge is 0.493 e. The first-order valence-electron chi connectivity index (χ1n) is 4.48. The first-order valence-corrected chi connectivity index (χ1v) is 4.48. The van der Waals surface area contributed by atoms with Crippen molar-refractivity contribution < 1.29 is 18.6 Å². The number of benzene rings is 1. The molecule has 5 heteroatoms. The Hall–Kier alpha value is -1.49. The fraction of sp³-hybridized carbons (Fsp3) is 0.400. The molecule has 0 saturated carbocycles. The maximum atomic E-state index is 13.3. The maximum Gasteiger partial charge on any atom is 0.206 e. The Kier molecular flexibility index (Phi) is 4.17. The standard InChI is InChI=1S/C10H14FNO3/c1-13-8-4-3-7(11)9(14-2)10(8)15-6-5-12/h3-4H,5-6,12H2,1-2H3. The van der Waals surface area contributed by atoms with Gasteiger partial charge in [-0.2, -0.15) is 0 Å². The molecular weight excluding hydrogens is 201 g/mol. The van der Waals surface area contributed by atoms with Crippen molar-refractivity contribution in [2.75, 3.05) is 27.4 Å². The van der Waals surface area contributed by atoms with Crippen LogP contribution in [0.15, 0.2) is 12.1 Å². The molecule has 0 heterocycles. The molecule has 0 aliphatic carbocycles. The second kappa shape index (κ2) is 5.41. The lowest BCUT2D eigenvalue weighted by atomic mass is 10.3. The van der Waals surface area contributed by atoms with Gasteiger partial charge in [0.2, 0.25) is 11.5 Å². The van der Waals surface area contributed by atoms with Crippen LogP contribution in [0.3, 0.4) is 0 Å². The Morgan fingerprint density at radius 1 is 1.20 bits per heavy atom. The van der Waals surface area contributed by atoms with Gasteiger partial charge in [-0.1, -0.05) is 0 Å². The fourth-order valence-corrected chi connectivity index (χ4v) is 1.17. The van der Waals surface area contributed by atoms with Crippen LogP contribution in [0.25, 0.3) is 0 Å². The summed E-state index contributed by atoms with van der Waals surface area (Å²) in [7, 11) is 2.84. The van der Waals surface area contributed by atoms with E-state index in [9.17, 15) is 4.39 Å². The lowest BCUT2D eigenvalue weighted by molar-refractivity contribution is 0.274. The second-order valence-corrected chi connectivity index (χ2v) is 2.75. The number of methoxy groups -OCH3 is 2. The van der Waals surface area contributed by atoms with E-state index in [-0.39, 0.29) is 18.1 Å². The Morgan fingerprint density at radius 2 is 1.93 bits per heavy atom. The van der Waals surface area contributed by atoms with Crippen LogP contribution >= 0.6 is 0 Å². The summed E-state index contributed by atoms with van der Waals surface area (Å²) in [6.07, 6.45) is 0. The van der Waals surface area contributed by atoms with Crippen molar-refractivity contribution in [1.29, 1.82) is 0 Å². The molecule has 2 N–H and O–H groups in total. The van der Waals surface area contributed by atoms with Crippen LogP contribution in [0.2, 0.25) is 0 Å². The summed E-state index contributed by atoms with van der Waals surface area (Å²) in [4.78, 5) is 0. The Balaban J connectivity index is 3.09. The van der Waals surface area contributed by atoms with Gasteiger partial charge in [0, 0.05) is 6.54 Å². The quantitative estimate of drug-likeness (QED) is 0.801. The van der Waals surface area contributed by atoms with E-state index in [0.717, 1.165) is 0 Å². The minimum absolute atomic E-state index is 0.0304. The molecule has 0 aromatic heterocycles. The van der Waals surface area contributed by atoms with Crippen molar-refractivity contribution in [2.45, 2.75) is 0 Å². The number of ether oxygens (including phenoxy) is 3. The van der Waals surface area contributed by atoms with Crippen LogP contribution in [0.5, 0.6) is 17.2 Å². The van der Waals surface area contributed by atoms with E-state index in [1.807, 2.05) is 0 Å². The van der Waals surface area contributed by atoms with E-state index in [4.69, 9.17) is 19.9 Å². The Labute approximate surface area is 87.7 Å². The zero-order valence-corrected chi connectivity index (χ0v) is 8.75. The zero-order chi connectivity index (χ0) is 11.3. The number of hydrogen-bond acceptors (Lipinski definition) is 4. The second-order valence-electron chi connectivity index (χ2n) is 2.75. The lowest BCUT2D eigenvalue weighted by Crippen LogP contribution is -2.12. The predicted octanol–water partition coefficient (Wildman–Crippen LogP) is 1.18. The van der Waals surface area contributed by atoms with Gasteiger partial charge in [-0.15, -0.1) is 0 Å². The Morgan fingerprint density at radius 3 is 2.47 bits per heavy atom. The van der Waals surface area contributed by atoms with Crippen molar-refractivity contribution in [1.82, 2.24) is 0 Å². The van der Waals surface area contributed by atoms with E-state index < -0.39 is 5.82 Å². The highest BCUT2D eigenvalue weighted by Crippen LogP contribution is 2.38. The molecule has 0 aliphatic heterocycles. The van der Waals surface area contributed by atoms with Crippen molar-refractivity contribution in [3.8, 4) is 17.2 Å². The topological polar surface area (TPSA) is 53.7 Å². The van der Waals surface area contributed by atoms with Gasteiger partial charge >= 0.3 is 0 Å². The summed E-state index contributed by atoms with van der Waals surface area (Å²) < 4.78 is 28.5. The molecule has 0 spiro atoms. The highest BCUT2D eigenvalue weighted by molar-refractivity contribution is 5.51. The third-order valence-corrected chi connectivity index (χ3v) is 1.82. The van der Waals surface area contributed by atoms with E-state index in [2.05, 4.69) is 0 Å². The maximum absolute atomic E-state index is 13.3. The van der Waals surface area contributed by atoms with Gasteiger partial charge in [0.15, 0.2) is 11.6 Å². The molecule has 0 fully saturated rings. The molecule has 4 nitrogen and oxygen atoms in total. The van der Waals surface area contributed by atoms with E-state index in [1.54, 1.807) is 0 Å². The molecular formula is C10H14FNO3. The van der Waals surface area contributed by atoms with Crippen molar-refractivity contribution in [3.63, 3.8) is 0 Å². The monoisotopic (exact) mass is 215 g/mol. The lowest BCUT2D eigenvalue weighted by Gasteiger charge is -2.13. The number of rotatable bonds is 5. The normalized spacial score (nSPS) is 9.87. The van der Waals surface area contributed by atoms with Gasteiger partial charge in [-0.3, -0.25) is 0 Å². The third kappa shape index (κ3) is 2.50.